The molecule has 3 saturated heterocycles. The van der Waals surface area contributed by atoms with Crippen molar-refractivity contribution in [2.75, 3.05) is 56.1 Å². The molecule has 0 atom stereocenters. The zero-order chi connectivity index (χ0) is 26.9. The summed E-state index contributed by atoms with van der Waals surface area (Å²) in [6.45, 7) is 9.57. The molecule has 200 valence electrons. The molecular formula is C25H31ClN9O2S+. The number of aryl methyl sites for hydroxylation is 1. The Balaban J connectivity index is 1.42. The Morgan fingerprint density at radius 1 is 1.05 bits per heavy atom. The average Bonchev–Trinajstić information content (AvgIpc) is 2.91. The highest BCUT2D eigenvalue weighted by Gasteiger charge is 2.43. The number of nitrogens with zero attached hydrogens (tertiary/aromatic N) is 7. The summed E-state index contributed by atoms with van der Waals surface area (Å²) in [5, 5.41) is 12.1. The van der Waals surface area contributed by atoms with Gasteiger partial charge in [-0.3, -0.25) is 9.38 Å². The number of anilines is 3. The van der Waals surface area contributed by atoms with Crippen LogP contribution in [-0.2, 0) is 9.84 Å². The fourth-order valence-corrected chi connectivity index (χ4v) is 6.29. The summed E-state index contributed by atoms with van der Waals surface area (Å²) < 4.78 is 25.3. The van der Waals surface area contributed by atoms with Gasteiger partial charge in [-0.1, -0.05) is 6.92 Å². The predicted octanol–water partition coefficient (Wildman–Crippen LogP) is 4.39. The Morgan fingerprint density at radius 2 is 1.74 bits per heavy atom. The van der Waals surface area contributed by atoms with Crippen molar-refractivity contribution in [1.82, 2.24) is 24.3 Å². The summed E-state index contributed by atoms with van der Waals surface area (Å²) in [7, 11) is -3.29. The first-order valence-electron chi connectivity index (χ1n) is 12.6. The lowest BCUT2D eigenvalue weighted by Gasteiger charge is -2.48. The minimum atomic E-state index is -3.29. The summed E-state index contributed by atoms with van der Waals surface area (Å²) in [5.41, 5.74) is 9.22. The van der Waals surface area contributed by atoms with E-state index in [-0.39, 0.29) is 15.9 Å². The summed E-state index contributed by atoms with van der Waals surface area (Å²) in [6, 6.07) is 9.94. The van der Waals surface area contributed by atoms with Gasteiger partial charge >= 0.3 is 5.95 Å². The highest BCUT2D eigenvalue weighted by Crippen LogP contribution is 2.34. The predicted molar refractivity (Wildman–Crippen MR) is 150 cm³/mol. The van der Waals surface area contributed by atoms with E-state index in [4.69, 9.17) is 22.3 Å². The minimum Gasteiger partial charge on any atom is -0.398 e. The number of azo groups is 1. The van der Waals surface area contributed by atoms with Crippen molar-refractivity contribution in [2.45, 2.75) is 25.2 Å². The van der Waals surface area contributed by atoms with Gasteiger partial charge in [0.05, 0.1) is 41.7 Å². The van der Waals surface area contributed by atoms with Gasteiger partial charge in [-0.25, -0.2) is 8.42 Å². The van der Waals surface area contributed by atoms with Crippen molar-refractivity contribution in [3.8, 4) is 0 Å². The van der Waals surface area contributed by atoms with Gasteiger partial charge < -0.3 is 11.1 Å². The number of nitrogens with one attached hydrogen (secondary N) is 1. The zero-order valence-electron chi connectivity index (χ0n) is 21.4. The van der Waals surface area contributed by atoms with Crippen molar-refractivity contribution >= 4 is 56.1 Å². The monoisotopic (exact) mass is 556 g/mol. The number of benzene rings is 2. The maximum absolute atomic E-state index is 12.3. The number of rotatable bonds is 8. The van der Waals surface area contributed by atoms with Crippen molar-refractivity contribution < 1.29 is 8.42 Å². The van der Waals surface area contributed by atoms with E-state index in [1.807, 2.05) is 19.9 Å². The lowest BCUT2D eigenvalue weighted by atomic mass is 10.1. The summed E-state index contributed by atoms with van der Waals surface area (Å²) in [6.07, 6.45) is 0.558. The highest BCUT2D eigenvalue weighted by molar-refractivity contribution is 7.91. The third kappa shape index (κ3) is 5.48. The smallest absolute Gasteiger partial charge is 0.335 e. The standard InChI is InChI=1S/C25H31ClN9O2S/c1-3-14-38(36,37)19-6-4-18(5-7-19)32-33-22-15-17(2)20(27)16-21(22)28-24-29-23(26)30-25(31-24)35-11-8-34(9-12-35)10-13-35/h4-7,15-16H,3,8-14,27H2,1-2H3,(H,28,29,30,31)/q+1. The number of halogens is 1. The van der Waals surface area contributed by atoms with E-state index in [9.17, 15) is 8.42 Å². The molecule has 3 aliphatic heterocycles. The Kier molecular flexibility index (Phi) is 7.32. The number of piperazine rings is 3. The molecule has 2 bridgehead atoms. The van der Waals surface area contributed by atoms with Crippen molar-refractivity contribution in [2.24, 2.45) is 10.2 Å². The van der Waals surface area contributed by atoms with E-state index < -0.39 is 9.84 Å². The Hall–Kier alpha value is -3.19. The van der Waals surface area contributed by atoms with Gasteiger partial charge in [0, 0.05) is 25.3 Å². The molecule has 0 unspecified atom stereocenters. The molecule has 11 nitrogen and oxygen atoms in total. The van der Waals surface area contributed by atoms with Crippen LogP contribution < -0.4 is 15.5 Å². The van der Waals surface area contributed by atoms with Crippen LogP contribution in [0.25, 0.3) is 0 Å². The number of quaternary nitrogens is 1. The third-order valence-electron chi connectivity index (χ3n) is 7.13. The molecule has 6 rings (SSSR count). The summed E-state index contributed by atoms with van der Waals surface area (Å²) in [4.78, 5) is 16.3. The second-order valence-corrected chi connectivity index (χ2v) is 12.2. The molecule has 1 aromatic heterocycles. The van der Waals surface area contributed by atoms with Gasteiger partial charge in [0.1, 0.15) is 5.69 Å². The van der Waals surface area contributed by atoms with E-state index in [2.05, 4.69) is 30.4 Å². The van der Waals surface area contributed by atoms with Crippen molar-refractivity contribution in [1.29, 1.82) is 0 Å². The van der Waals surface area contributed by atoms with Gasteiger partial charge in [0.15, 0.2) is 9.84 Å². The van der Waals surface area contributed by atoms with Crippen LogP contribution in [0.4, 0.5) is 34.6 Å². The molecule has 2 aromatic carbocycles. The molecule has 0 radical (unpaired) electrons. The van der Waals surface area contributed by atoms with E-state index in [1.54, 1.807) is 30.3 Å². The number of aromatic nitrogens is 3. The first-order chi connectivity index (χ1) is 18.2. The van der Waals surface area contributed by atoms with Crippen LogP contribution in [0.2, 0.25) is 5.28 Å². The quantitative estimate of drug-likeness (QED) is 0.236. The molecule has 3 aromatic rings. The lowest BCUT2D eigenvalue weighted by Crippen LogP contribution is -2.69. The van der Waals surface area contributed by atoms with Crippen LogP contribution in [-0.4, -0.2) is 73.3 Å². The maximum atomic E-state index is 12.3. The largest absolute Gasteiger partial charge is 0.398 e. The van der Waals surface area contributed by atoms with E-state index in [1.165, 1.54) is 0 Å². The fourth-order valence-electron chi connectivity index (χ4n) is 4.81. The topological polar surface area (TPSA) is 139 Å². The molecule has 3 aliphatic rings. The van der Waals surface area contributed by atoms with E-state index >= 15 is 0 Å². The SMILES string of the molecule is CCCS(=O)(=O)c1ccc(N=Nc2cc(C)c(N)cc2Nc2nc(Cl)nc([N+]34CCN(CC3)CC4)n2)cc1. The Morgan fingerprint density at radius 3 is 2.39 bits per heavy atom. The second-order valence-electron chi connectivity index (χ2n) is 9.75. The molecule has 0 amide bonds. The molecule has 3 fully saturated rings. The molecule has 0 aliphatic carbocycles. The molecule has 4 heterocycles. The summed E-state index contributed by atoms with van der Waals surface area (Å²) in [5.74, 6) is 1.08. The van der Waals surface area contributed by atoms with Crippen LogP contribution in [0.1, 0.15) is 18.9 Å². The van der Waals surface area contributed by atoms with E-state index in [0.717, 1.165) is 44.8 Å². The normalized spacial score (nSPS) is 21.2. The first-order valence-corrected chi connectivity index (χ1v) is 14.6. The molecular weight excluding hydrogens is 526 g/mol. The number of nitrogens with two attached hydrogens (primary N) is 1. The minimum absolute atomic E-state index is 0.106. The number of hydrogen-bond donors (Lipinski definition) is 2. The van der Waals surface area contributed by atoms with Gasteiger partial charge in [-0.2, -0.15) is 10.1 Å². The summed E-state index contributed by atoms with van der Waals surface area (Å²) >= 11 is 6.34. The van der Waals surface area contributed by atoms with Crippen LogP contribution in [0, 0.1) is 6.92 Å². The third-order valence-corrected chi connectivity index (χ3v) is 9.23. The zero-order valence-corrected chi connectivity index (χ0v) is 23.0. The number of sulfone groups is 1. The maximum Gasteiger partial charge on any atom is 0.335 e. The van der Waals surface area contributed by atoms with E-state index in [0.29, 0.717) is 45.6 Å². The van der Waals surface area contributed by atoms with Crippen molar-refractivity contribution in [3.05, 3.63) is 47.2 Å². The van der Waals surface area contributed by atoms with Crippen LogP contribution in [0.5, 0.6) is 0 Å². The number of fused-ring (bicyclic) bond motifs is 3. The fraction of sp³-hybridized carbons (Fsp3) is 0.400. The van der Waals surface area contributed by atoms with Crippen molar-refractivity contribution in [3.63, 3.8) is 0 Å². The average molecular weight is 557 g/mol. The molecule has 3 N–H and O–H groups in total. The molecule has 0 saturated carbocycles. The van der Waals surface area contributed by atoms with Gasteiger partial charge in [-0.15, -0.1) is 15.1 Å². The second kappa shape index (κ2) is 10.5. The molecule has 13 heteroatoms. The van der Waals surface area contributed by atoms with Gasteiger partial charge in [0.2, 0.25) is 11.2 Å². The lowest BCUT2D eigenvalue weighted by molar-refractivity contribution is 0.0629. The number of hydrogen-bond acceptors (Lipinski definition) is 10. The Bertz CT molecular complexity index is 1460. The molecule has 38 heavy (non-hydrogen) atoms. The van der Waals surface area contributed by atoms with Crippen LogP contribution in [0.3, 0.4) is 0 Å². The highest BCUT2D eigenvalue weighted by atomic mass is 35.5. The van der Waals surface area contributed by atoms with Gasteiger partial charge in [-0.05, 0) is 66.9 Å². The van der Waals surface area contributed by atoms with Crippen LogP contribution in [0.15, 0.2) is 51.5 Å². The van der Waals surface area contributed by atoms with Crippen LogP contribution >= 0.6 is 11.6 Å². The Labute approximate surface area is 227 Å². The first kappa shape index (κ1) is 26.4. The number of nitrogen functional groups attached to an aromatic ring is 1. The molecule has 0 spiro atoms. The van der Waals surface area contributed by atoms with Gasteiger partial charge in [0.25, 0.3) is 0 Å².